The number of nitrogens with zero attached hydrogens (tertiary/aromatic N) is 8. The van der Waals surface area contributed by atoms with Gasteiger partial charge in [0.2, 0.25) is 0 Å². The molecule has 166 valence electrons. The number of rotatable bonds is 4. The van der Waals surface area contributed by atoms with Gasteiger partial charge in [0.1, 0.15) is 12.1 Å². The number of nitro benzene ring substituents is 1. The van der Waals surface area contributed by atoms with Crippen molar-refractivity contribution in [1.82, 2.24) is 29.9 Å². The number of fused-ring (bicyclic) bond motifs is 1. The first-order valence-corrected chi connectivity index (χ1v) is 10.1. The van der Waals surface area contributed by atoms with Crippen LogP contribution in [-0.2, 0) is 0 Å². The Hall–Kier alpha value is -4.48. The van der Waals surface area contributed by atoms with Crippen LogP contribution in [0.4, 0.5) is 15.9 Å². The Morgan fingerprint density at radius 1 is 1.03 bits per heavy atom. The summed E-state index contributed by atoms with van der Waals surface area (Å²) in [4.78, 5) is 35.6. The Bertz CT molecular complexity index is 1370. The van der Waals surface area contributed by atoms with Crippen molar-refractivity contribution in [2.75, 3.05) is 31.1 Å². The smallest absolute Gasteiger partial charge is 0.270 e. The molecule has 0 atom stereocenters. The molecule has 0 radical (unpaired) electrons. The summed E-state index contributed by atoms with van der Waals surface area (Å²) in [5.74, 6) is -0.0803. The first kappa shape index (κ1) is 20.4. The van der Waals surface area contributed by atoms with E-state index in [4.69, 9.17) is 0 Å². The van der Waals surface area contributed by atoms with Gasteiger partial charge in [-0.15, -0.1) is 5.10 Å². The lowest BCUT2D eigenvalue weighted by atomic mass is 10.1. The fourth-order valence-corrected chi connectivity index (χ4v) is 3.81. The van der Waals surface area contributed by atoms with Gasteiger partial charge in [0.15, 0.2) is 17.0 Å². The van der Waals surface area contributed by atoms with Crippen molar-refractivity contribution in [3.63, 3.8) is 0 Å². The van der Waals surface area contributed by atoms with E-state index in [2.05, 4.69) is 20.3 Å². The van der Waals surface area contributed by atoms with Crippen LogP contribution < -0.4 is 4.90 Å². The van der Waals surface area contributed by atoms with E-state index in [9.17, 15) is 19.3 Å². The fraction of sp³-hybridized carbons (Fsp3) is 0.190. The first-order valence-electron chi connectivity index (χ1n) is 10.1. The number of aromatic nitrogens is 5. The van der Waals surface area contributed by atoms with Crippen LogP contribution in [0, 0.1) is 15.9 Å². The van der Waals surface area contributed by atoms with Crippen molar-refractivity contribution in [2.24, 2.45) is 0 Å². The molecule has 33 heavy (non-hydrogen) atoms. The molecule has 1 amide bonds. The summed E-state index contributed by atoms with van der Waals surface area (Å²) in [5, 5.41) is 19.3. The second-order valence-corrected chi connectivity index (χ2v) is 7.44. The summed E-state index contributed by atoms with van der Waals surface area (Å²) in [6.07, 6.45) is 1.40. The maximum atomic E-state index is 13.6. The summed E-state index contributed by atoms with van der Waals surface area (Å²) in [5.41, 5.74) is 1.57. The average molecular weight is 448 g/mol. The zero-order valence-corrected chi connectivity index (χ0v) is 17.2. The van der Waals surface area contributed by atoms with Crippen molar-refractivity contribution in [1.29, 1.82) is 0 Å². The maximum absolute atomic E-state index is 13.6. The minimum atomic E-state index is -0.522. The molecule has 2 aromatic carbocycles. The van der Waals surface area contributed by atoms with Crippen LogP contribution in [0.25, 0.3) is 16.9 Å². The van der Waals surface area contributed by atoms with E-state index >= 15 is 0 Å². The highest BCUT2D eigenvalue weighted by atomic mass is 19.1. The van der Waals surface area contributed by atoms with Crippen LogP contribution in [0.5, 0.6) is 0 Å². The van der Waals surface area contributed by atoms with Gasteiger partial charge in [-0.25, -0.2) is 14.4 Å². The van der Waals surface area contributed by atoms with Crippen LogP contribution in [0.15, 0.2) is 54.9 Å². The predicted molar refractivity (Wildman–Crippen MR) is 116 cm³/mol. The molecule has 0 unspecified atom stereocenters. The van der Waals surface area contributed by atoms with Crippen molar-refractivity contribution in [2.45, 2.75) is 0 Å². The molecule has 1 aliphatic heterocycles. The molecular weight excluding hydrogens is 431 g/mol. The minimum Gasteiger partial charge on any atom is -0.351 e. The largest absolute Gasteiger partial charge is 0.351 e. The molecule has 0 saturated carbocycles. The van der Waals surface area contributed by atoms with Crippen LogP contribution >= 0.6 is 0 Å². The molecule has 5 rings (SSSR count). The number of hydrogen-bond acceptors (Lipinski definition) is 8. The average Bonchev–Trinajstić information content (AvgIpc) is 3.28. The normalized spacial score (nSPS) is 14.0. The standard InChI is InChI=1S/C21H17FN8O3/c22-15-4-2-5-16(12-15)29-20-18(25-26-29)19(23-13-24-20)27-7-9-28(10-8-27)21(31)14-3-1-6-17(11-14)30(32)33/h1-6,11-13H,7-10H2. The fourth-order valence-electron chi connectivity index (χ4n) is 3.81. The Labute approximate surface area is 186 Å². The Morgan fingerprint density at radius 2 is 1.82 bits per heavy atom. The van der Waals surface area contributed by atoms with E-state index in [0.29, 0.717) is 48.8 Å². The van der Waals surface area contributed by atoms with Crippen molar-refractivity contribution < 1.29 is 14.1 Å². The zero-order valence-electron chi connectivity index (χ0n) is 17.2. The molecule has 2 aromatic heterocycles. The molecule has 0 bridgehead atoms. The van der Waals surface area contributed by atoms with Gasteiger partial charge in [-0.2, -0.15) is 4.68 Å². The SMILES string of the molecule is O=C(c1cccc([N+](=O)[O-])c1)N1CCN(c2ncnc3c2nnn3-c2cccc(F)c2)CC1. The Balaban J connectivity index is 1.35. The van der Waals surface area contributed by atoms with Crippen molar-refractivity contribution >= 4 is 28.6 Å². The molecule has 3 heterocycles. The highest BCUT2D eigenvalue weighted by Gasteiger charge is 2.26. The van der Waals surface area contributed by atoms with E-state index in [-0.39, 0.29) is 17.2 Å². The topological polar surface area (TPSA) is 123 Å². The van der Waals surface area contributed by atoms with Gasteiger partial charge in [0, 0.05) is 43.9 Å². The number of benzene rings is 2. The number of nitro groups is 1. The highest BCUT2D eigenvalue weighted by molar-refractivity contribution is 5.95. The van der Waals surface area contributed by atoms with E-state index in [0.717, 1.165) is 0 Å². The van der Waals surface area contributed by atoms with Crippen LogP contribution in [0.3, 0.4) is 0 Å². The summed E-state index contributed by atoms with van der Waals surface area (Å²) >= 11 is 0. The second-order valence-electron chi connectivity index (χ2n) is 7.44. The van der Waals surface area contributed by atoms with Crippen molar-refractivity contribution in [3.8, 4) is 5.69 Å². The quantitative estimate of drug-likeness (QED) is 0.344. The number of hydrogen-bond donors (Lipinski definition) is 0. The third-order valence-corrected chi connectivity index (χ3v) is 5.44. The van der Waals surface area contributed by atoms with E-state index in [1.165, 1.54) is 41.3 Å². The minimum absolute atomic E-state index is 0.121. The zero-order chi connectivity index (χ0) is 22.9. The molecule has 1 aliphatic rings. The van der Waals surface area contributed by atoms with Gasteiger partial charge >= 0.3 is 0 Å². The lowest BCUT2D eigenvalue weighted by Gasteiger charge is -2.35. The monoisotopic (exact) mass is 448 g/mol. The number of non-ortho nitro benzene ring substituents is 1. The number of amides is 1. The molecule has 11 nitrogen and oxygen atoms in total. The highest BCUT2D eigenvalue weighted by Crippen LogP contribution is 2.24. The number of carbonyl (C=O) groups is 1. The van der Waals surface area contributed by atoms with E-state index in [1.54, 1.807) is 23.1 Å². The molecule has 1 saturated heterocycles. The molecular formula is C21H17FN8O3. The third-order valence-electron chi connectivity index (χ3n) is 5.44. The number of anilines is 1. The van der Waals surface area contributed by atoms with Crippen LogP contribution in [-0.4, -0.2) is 66.9 Å². The van der Waals surface area contributed by atoms with Gasteiger partial charge in [0.25, 0.3) is 11.6 Å². The summed E-state index contributed by atoms with van der Waals surface area (Å²) in [6, 6.07) is 11.7. The summed E-state index contributed by atoms with van der Waals surface area (Å²) in [6.45, 7) is 1.79. The third kappa shape index (κ3) is 3.82. The van der Waals surface area contributed by atoms with Gasteiger partial charge < -0.3 is 9.80 Å². The predicted octanol–water partition coefficient (Wildman–Crippen LogP) is 2.22. The first-order chi connectivity index (χ1) is 16.0. The van der Waals surface area contributed by atoms with Gasteiger partial charge in [0.05, 0.1) is 10.6 Å². The number of piperazine rings is 1. The van der Waals surface area contributed by atoms with Gasteiger partial charge in [-0.1, -0.05) is 17.3 Å². The lowest BCUT2D eigenvalue weighted by molar-refractivity contribution is -0.384. The summed E-state index contributed by atoms with van der Waals surface area (Å²) in [7, 11) is 0. The number of carbonyl (C=O) groups excluding carboxylic acids is 1. The Kier molecular flexibility index (Phi) is 5.09. The second kappa shape index (κ2) is 8.22. The molecule has 0 aliphatic carbocycles. The van der Waals surface area contributed by atoms with Crippen LogP contribution in [0.1, 0.15) is 10.4 Å². The Morgan fingerprint density at radius 3 is 2.58 bits per heavy atom. The molecule has 4 aromatic rings. The molecule has 0 N–H and O–H groups in total. The van der Waals surface area contributed by atoms with Gasteiger partial charge in [-0.05, 0) is 24.3 Å². The van der Waals surface area contributed by atoms with E-state index in [1.807, 2.05) is 4.90 Å². The van der Waals surface area contributed by atoms with E-state index < -0.39 is 10.7 Å². The van der Waals surface area contributed by atoms with Gasteiger partial charge in [-0.3, -0.25) is 14.9 Å². The number of halogens is 1. The molecule has 1 fully saturated rings. The van der Waals surface area contributed by atoms with Crippen LogP contribution in [0.2, 0.25) is 0 Å². The lowest BCUT2D eigenvalue weighted by Crippen LogP contribution is -2.49. The van der Waals surface area contributed by atoms with Crippen molar-refractivity contribution in [3.05, 3.63) is 76.4 Å². The summed E-state index contributed by atoms with van der Waals surface area (Å²) < 4.78 is 15.1. The molecule has 12 heteroatoms. The molecule has 0 spiro atoms. The maximum Gasteiger partial charge on any atom is 0.270 e.